The number of ether oxygens (including phenoxy) is 1. The number of carboxylic acids is 1. The lowest BCUT2D eigenvalue weighted by atomic mass is 10.0. The van der Waals surface area contributed by atoms with Gasteiger partial charge in [-0.1, -0.05) is 213 Å². The fourth-order valence-corrected chi connectivity index (χ4v) is 7.78. The van der Waals surface area contributed by atoms with Gasteiger partial charge in [0.15, 0.2) is 0 Å². The molecule has 342 valence electrons. The summed E-state index contributed by atoms with van der Waals surface area (Å²) in [5.41, 5.74) is 0. The summed E-state index contributed by atoms with van der Waals surface area (Å²) in [6.45, 7) is 3.52. The fraction of sp³-hybridized carbons (Fsp3) is 0.918. The van der Waals surface area contributed by atoms with Crippen LogP contribution in [-0.4, -0.2) is 59.3 Å². The molecule has 9 nitrogen and oxygen atoms in total. The highest BCUT2D eigenvalue weighted by Gasteiger charge is 2.19. The molecule has 0 aliphatic carbocycles. The van der Waals surface area contributed by atoms with E-state index in [0.717, 1.165) is 57.8 Å². The predicted octanol–water partition coefficient (Wildman–Crippen LogP) is 12.8. The van der Waals surface area contributed by atoms with E-state index in [2.05, 4.69) is 24.5 Å². The van der Waals surface area contributed by atoms with Crippen LogP contribution in [0.15, 0.2) is 0 Å². The van der Waals surface area contributed by atoms with Crippen molar-refractivity contribution >= 4 is 23.8 Å². The van der Waals surface area contributed by atoms with Crippen LogP contribution in [0.3, 0.4) is 0 Å². The number of aliphatic carboxylic acids is 1. The highest BCUT2D eigenvalue weighted by atomic mass is 16.5. The van der Waals surface area contributed by atoms with Crippen molar-refractivity contribution in [2.24, 2.45) is 0 Å². The number of aliphatic hydroxyl groups excluding tert-OH is 1. The summed E-state index contributed by atoms with van der Waals surface area (Å²) < 4.78 is 6.06. The minimum atomic E-state index is -1.38. The van der Waals surface area contributed by atoms with E-state index in [1.54, 1.807) is 0 Å². The molecule has 0 radical (unpaired) electrons. The van der Waals surface area contributed by atoms with Crippen LogP contribution in [-0.2, 0) is 23.9 Å². The Bertz CT molecular complexity index is 946. The second kappa shape index (κ2) is 44.4. The van der Waals surface area contributed by atoms with Crippen molar-refractivity contribution in [1.29, 1.82) is 0 Å². The molecule has 0 aliphatic rings. The van der Waals surface area contributed by atoms with Gasteiger partial charge >= 0.3 is 11.9 Å². The second-order valence-electron chi connectivity index (χ2n) is 17.3. The number of carbonyl (C=O) groups excluding carboxylic acids is 3. The lowest BCUT2D eigenvalue weighted by Crippen LogP contribution is -2.47. The van der Waals surface area contributed by atoms with Gasteiger partial charge in [-0.2, -0.15) is 0 Å². The van der Waals surface area contributed by atoms with Crippen molar-refractivity contribution in [2.75, 3.05) is 13.2 Å². The number of nitrogens with one attached hydrogen (secondary N) is 2. The summed E-state index contributed by atoms with van der Waals surface area (Å²) in [5, 5.41) is 22.6. The number of amides is 2. The maximum atomic E-state index is 12.9. The molecule has 0 saturated carbocycles. The highest BCUT2D eigenvalue weighted by Crippen LogP contribution is 2.20. The van der Waals surface area contributed by atoms with Crippen LogP contribution in [0.25, 0.3) is 0 Å². The van der Waals surface area contributed by atoms with Gasteiger partial charge in [0.25, 0.3) is 0 Å². The Labute approximate surface area is 357 Å². The molecule has 2 unspecified atom stereocenters. The molecule has 0 aromatic heterocycles. The fourth-order valence-electron chi connectivity index (χ4n) is 7.78. The summed E-state index contributed by atoms with van der Waals surface area (Å²) in [5.74, 6) is -2.26. The average Bonchev–Trinajstić information content (AvgIpc) is 3.21. The minimum Gasteiger partial charge on any atom is -0.480 e. The third-order valence-electron chi connectivity index (χ3n) is 11.6. The third kappa shape index (κ3) is 40.6. The molecule has 0 fully saturated rings. The van der Waals surface area contributed by atoms with Gasteiger partial charge < -0.3 is 25.6 Å². The van der Waals surface area contributed by atoms with Gasteiger partial charge in [0, 0.05) is 12.8 Å². The highest BCUT2D eigenvalue weighted by molar-refractivity contribution is 5.87. The molecule has 9 heteroatoms. The van der Waals surface area contributed by atoms with Crippen molar-refractivity contribution in [3.63, 3.8) is 0 Å². The van der Waals surface area contributed by atoms with Gasteiger partial charge in [0.2, 0.25) is 11.8 Å². The van der Waals surface area contributed by atoms with Crippen LogP contribution >= 0.6 is 0 Å². The zero-order chi connectivity index (χ0) is 42.6. The van der Waals surface area contributed by atoms with Crippen LogP contribution in [0.1, 0.15) is 264 Å². The molecule has 0 heterocycles. The van der Waals surface area contributed by atoms with Crippen LogP contribution in [0.2, 0.25) is 0 Å². The second-order valence-corrected chi connectivity index (χ2v) is 17.3. The summed E-state index contributed by atoms with van der Waals surface area (Å²) in [4.78, 5) is 47.7. The smallest absolute Gasteiger partial charge is 0.328 e. The van der Waals surface area contributed by atoms with E-state index in [0.29, 0.717) is 19.3 Å². The molecule has 0 spiro atoms. The molecule has 4 N–H and O–H groups in total. The number of hydrogen-bond donors (Lipinski definition) is 4. The van der Waals surface area contributed by atoms with Crippen LogP contribution < -0.4 is 10.6 Å². The summed E-state index contributed by atoms with van der Waals surface area (Å²) >= 11 is 0. The van der Waals surface area contributed by atoms with E-state index < -0.39 is 24.5 Å². The first-order chi connectivity index (χ1) is 28.3. The first-order valence-electron chi connectivity index (χ1n) is 24.9. The van der Waals surface area contributed by atoms with Gasteiger partial charge in [-0.3, -0.25) is 14.4 Å². The Kier molecular flexibility index (Phi) is 42.7. The van der Waals surface area contributed by atoms with E-state index in [1.807, 2.05) is 0 Å². The van der Waals surface area contributed by atoms with Crippen molar-refractivity contribution in [1.82, 2.24) is 10.6 Å². The number of rotatable bonds is 46. The molecule has 0 rings (SSSR count). The zero-order valence-corrected chi connectivity index (χ0v) is 38.1. The van der Waals surface area contributed by atoms with Crippen LogP contribution in [0, 0.1) is 0 Å². The summed E-state index contributed by atoms with van der Waals surface area (Å²) in [6, 6.07) is -1.38. The van der Waals surface area contributed by atoms with E-state index in [-0.39, 0.29) is 24.5 Å². The normalized spacial score (nSPS) is 12.3. The van der Waals surface area contributed by atoms with Gasteiger partial charge in [-0.05, 0) is 38.5 Å². The Morgan fingerprint density at radius 3 is 1.12 bits per heavy atom. The first-order valence-corrected chi connectivity index (χ1v) is 24.9. The number of hydrogen-bond acceptors (Lipinski definition) is 6. The van der Waals surface area contributed by atoms with E-state index in [9.17, 15) is 19.2 Å². The Balaban J connectivity index is 4.21. The average molecular weight is 823 g/mol. The van der Waals surface area contributed by atoms with Crippen molar-refractivity contribution in [3.05, 3.63) is 0 Å². The van der Waals surface area contributed by atoms with Crippen molar-refractivity contribution in [2.45, 2.75) is 276 Å². The van der Waals surface area contributed by atoms with Crippen molar-refractivity contribution < 1.29 is 34.1 Å². The van der Waals surface area contributed by atoms with E-state index >= 15 is 0 Å². The van der Waals surface area contributed by atoms with E-state index in [1.165, 1.54) is 173 Å². The molecule has 0 aliphatic heterocycles. The first kappa shape index (κ1) is 55.8. The van der Waals surface area contributed by atoms with Gasteiger partial charge in [0.05, 0.1) is 13.2 Å². The Morgan fingerprint density at radius 2 is 0.776 bits per heavy atom. The maximum Gasteiger partial charge on any atom is 0.328 e. The molecular formula is C49H94N2O7. The number of aliphatic hydroxyl groups is 1. The minimum absolute atomic E-state index is 0.00495. The quantitative estimate of drug-likeness (QED) is 0.0354. The summed E-state index contributed by atoms with van der Waals surface area (Å²) in [6.07, 6.45) is 47.1. The van der Waals surface area contributed by atoms with Gasteiger partial charge in [0.1, 0.15) is 12.1 Å². The molecule has 0 aromatic rings. The van der Waals surface area contributed by atoms with Gasteiger partial charge in [-0.25, -0.2) is 4.79 Å². The molecule has 0 bridgehead atoms. The monoisotopic (exact) mass is 823 g/mol. The molecule has 2 amide bonds. The number of carbonyl (C=O) groups is 4. The number of esters is 1. The lowest BCUT2D eigenvalue weighted by Gasteiger charge is -2.18. The molecule has 0 saturated heterocycles. The molecule has 2 atom stereocenters. The predicted molar refractivity (Wildman–Crippen MR) is 241 cm³/mol. The Morgan fingerprint density at radius 1 is 0.448 bits per heavy atom. The molecular weight excluding hydrogens is 729 g/mol. The molecule has 0 aromatic carbocycles. The van der Waals surface area contributed by atoms with Crippen LogP contribution in [0.4, 0.5) is 0 Å². The SMILES string of the molecule is CCCCCCCCCCCCCCCCCCCCC(=O)OC(CCCCCCCCCCCCCC)CCCCCCCC(=O)NCC(=O)NC(CO)C(=O)O. The number of unbranched alkanes of at least 4 members (excludes halogenated alkanes) is 32. The molecule has 58 heavy (non-hydrogen) atoms. The largest absolute Gasteiger partial charge is 0.480 e. The lowest BCUT2D eigenvalue weighted by molar-refractivity contribution is -0.150. The topological polar surface area (TPSA) is 142 Å². The van der Waals surface area contributed by atoms with Crippen molar-refractivity contribution in [3.8, 4) is 0 Å². The summed E-state index contributed by atoms with van der Waals surface area (Å²) in [7, 11) is 0. The zero-order valence-electron chi connectivity index (χ0n) is 38.1. The maximum absolute atomic E-state index is 12.9. The standard InChI is InChI=1S/C49H94N2O7/c1-3-5-7-9-11-13-15-17-18-19-20-21-22-24-26-28-33-37-41-48(55)58-44(38-34-30-27-25-23-16-14-12-10-8-6-4-2)39-35-31-29-32-36-40-46(53)50-42-47(54)51-45(43-52)49(56)57/h44-45,52H,3-43H2,1-2H3,(H,50,53)(H,51,54)(H,56,57). The van der Waals surface area contributed by atoms with Gasteiger partial charge in [-0.15, -0.1) is 0 Å². The Hall–Kier alpha value is -2.16. The third-order valence-corrected chi connectivity index (χ3v) is 11.6. The number of carboxylic acid groups (broad SMARTS) is 1. The van der Waals surface area contributed by atoms with E-state index in [4.69, 9.17) is 14.9 Å². The van der Waals surface area contributed by atoms with Crippen LogP contribution in [0.5, 0.6) is 0 Å².